The van der Waals surface area contributed by atoms with Crippen LogP contribution in [0.2, 0.25) is 0 Å². The van der Waals surface area contributed by atoms with Crippen LogP contribution in [0.4, 0.5) is 0 Å². The van der Waals surface area contributed by atoms with E-state index >= 15 is 0 Å². The molecular formula is C16H23N5O3. The Morgan fingerprint density at radius 1 is 1.25 bits per heavy atom. The number of ether oxygens (including phenoxy) is 2. The number of hydrogen-bond donors (Lipinski definition) is 1. The standard InChI is InChI=1S/C16H23N5O3/c1-11(2)7-8-17-15(22)10-21-19-16(18-20-21)12-5-6-13(23-3)14(9-12)24-4/h5-6,9,11H,7-8,10H2,1-4H3,(H,17,22). The van der Waals surface area contributed by atoms with E-state index in [0.717, 1.165) is 12.0 Å². The van der Waals surface area contributed by atoms with Crippen molar-refractivity contribution in [1.82, 2.24) is 25.5 Å². The third-order valence-electron chi connectivity index (χ3n) is 3.42. The maximum absolute atomic E-state index is 11.8. The second kappa shape index (κ2) is 8.28. The number of carbonyl (C=O) groups is 1. The monoisotopic (exact) mass is 333 g/mol. The Balaban J connectivity index is 2.01. The lowest BCUT2D eigenvalue weighted by molar-refractivity contribution is -0.122. The summed E-state index contributed by atoms with van der Waals surface area (Å²) in [7, 11) is 3.14. The summed E-state index contributed by atoms with van der Waals surface area (Å²) in [6.07, 6.45) is 0.938. The summed E-state index contributed by atoms with van der Waals surface area (Å²) in [5.41, 5.74) is 0.735. The molecule has 1 N–H and O–H groups in total. The van der Waals surface area contributed by atoms with Gasteiger partial charge in [-0.15, -0.1) is 10.2 Å². The van der Waals surface area contributed by atoms with Crippen molar-refractivity contribution >= 4 is 5.91 Å². The first-order valence-corrected chi connectivity index (χ1v) is 7.80. The lowest BCUT2D eigenvalue weighted by Crippen LogP contribution is -2.29. The number of methoxy groups -OCH3 is 2. The van der Waals surface area contributed by atoms with Gasteiger partial charge < -0.3 is 14.8 Å². The highest BCUT2D eigenvalue weighted by molar-refractivity contribution is 5.75. The average molecular weight is 333 g/mol. The molecule has 130 valence electrons. The number of tetrazole rings is 1. The van der Waals surface area contributed by atoms with E-state index in [1.807, 2.05) is 6.07 Å². The lowest BCUT2D eigenvalue weighted by Gasteiger charge is -2.07. The Bertz CT molecular complexity index is 684. The highest BCUT2D eigenvalue weighted by Gasteiger charge is 2.12. The topological polar surface area (TPSA) is 91.2 Å². The third-order valence-corrected chi connectivity index (χ3v) is 3.42. The molecule has 8 heteroatoms. The molecule has 0 atom stereocenters. The van der Waals surface area contributed by atoms with Gasteiger partial charge in [0.1, 0.15) is 6.54 Å². The van der Waals surface area contributed by atoms with Crippen LogP contribution >= 0.6 is 0 Å². The minimum atomic E-state index is -0.132. The van der Waals surface area contributed by atoms with Gasteiger partial charge in [-0.3, -0.25) is 4.79 Å². The second-order valence-electron chi connectivity index (χ2n) is 5.75. The minimum Gasteiger partial charge on any atom is -0.493 e. The van der Waals surface area contributed by atoms with Gasteiger partial charge in [0, 0.05) is 12.1 Å². The zero-order valence-electron chi connectivity index (χ0n) is 14.4. The molecule has 1 heterocycles. The molecule has 0 saturated heterocycles. The Hall–Kier alpha value is -2.64. The molecule has 1 amide bonds. The quantitative estimate of drug-likeness (QED) is 0.787. The van der Waals surface area contributed by atoms with Gasteiger partial charge in [0.05, 0.1) is 14.2 Å². The van der Waals surface area contributed by atoms with Crippen LogP contribution in [0.5, 0.6) is 11.5 Å². The Morgan fingerprint density at radius 3 is 2.67 bits per heavy atom. The van der Waals surface area contributed by atoms with Crippen LogP contribution in [0, 0.1) is 5.92 Å². The largest absolute Gasteiger partial charge is 0.493 e. The summed E-state index contributed by atoms with van der Waals surface area (Å²) >= 11 is 0. The van der Waals surface area contributed by atoms with Crippen LogP contribution in [0.1, 0.15) is 20.3 Å². The van der Waals surface area contributed by atoms with Crippen molar-refractivity contribution in [2.45, 2.75) is 26.8 Å². The van der Waals surface area contributed by atoms with E-state index in [1.54, 1.807) is 26.4 Å². The van der Waals surface area contributed by atoms with Crippen molar-refractivity contribution in [3.63, 3.8) is 0 Å². The zero-order valence-corrected chi connectivity index (χ0v) is 14.4. The van der Waals surface area contributed by atoms with Gasteiger partial charge in [-0.2, -0.15) is 4.80 Å². The van der Waals surface area contributed by atoms with Crippen LogP contribution in [-0.4, -0.2) is 46.9 Å². The molecule has 0 spiro atoms. The number of benzene rings is 1. The van der Waals surface area contributed by atoms with Crippen molar-refractivity contribution in [3.8, 4) is 22.9 Å². The molecule has 24 heavy (non-hydrogen) atoms. The molecule has 0 unspecified atom stereocenters. The van der Waals surface area contributed by atoms with Crippen molar-refractivity contribution in [2.75, 3.05) is 20.8 Å². The van der Waals surface area contributed by atoms with Crippen LogP contribution in [0.15, 0.2) is 18.2 Å². The van der Waals surface area contributed by atoms with Gasteiger partial charge in [-0.1, -0.05) is 13.8 Å². The molecule has 0 aliphatic rings. The van der Waals surface area contributed by atoms with Gasteiger partial charge in [0.15, 0.2) is 11.5 Å². The summed E-state index contributed by atoms with van der Waals surface area (Å²) in [4.78, 5) is 13.1. The van der Waals surface area contributed by atoms with E-state index in [1.165, 1.54) is 4.80 Å². The summed E-state index contributed by atoms with van der Waals surface area (Å²) in [5, 5.41) is 15.0. The third kappa shape index (κ3) is 4.68. The first-order chi connectivity index (χ1) is 11.5. The number of nitrogens with one attached hydrogen (secondary N) is 1. The fourth-order valence-electron chi connectivity index (χ4n) is 2.09. The number of hydrogen-bond acceptors (Lipinski definition) is 6. The van der Waals surface area contributed by atoms with Crippen LogP contribution < -0.4 is 14.8 Å². The van der Waals surface area contributed by atoms with Crippen molar-refractivity contribution in [2.24, 2.45) is 5.92 Å². The van der Waals surface area contributed by atoms with Gasteiger partial charge in [-0.25, -0.2) is 0 Å². The zero-order chi connectivity index (χ0) is 17.5. The number of amides is 1. The first kappa shape index (κ1) is 17.7. The molecular weight excluding hydrogens is 310 g/mol. The van der Waals surface area contributed by atoms with Crippen LogP contribution in [0.25, 0.3) is 11.4 Å². The van der Waals surface area contributed by atoms with Crippen molar-refractivity contribution in [1.29, 1.82) is 0 Å². The van der Waals surface area contributed by atoms with E-state index in [9.17, 15) is 4.79 Å². The molecule has 0 aliphatic carbocycles. The fourth-order valence-corrected chi connectivity index (χ4v) is 2.09. The number of nitrogens with zero attached hydrogens (tertiary/aromatic N) is 4. The SMILES string of the molecule is COc1ccc(-c2nnn(CC(=O)NCCC(C)C)n2)cc1OC. The maximum Gasteiger partial charge on any atom is 0.243 e. The molecule has 0 radical (unpaired) electrons. The fraction of sp³-hybridized carbons (Fsp3) is 0.500. The molecule has 0 bridgehead atoms. The van der Waals surface area contributed by atoms with E-state index < -0.39 is 0 Å². The first-order valence-electron chi connectivity index (χ1n) is 7.80. The highest BCUT2D eigenvalue weighted by Crippen LogP contribution is 2.30. The van der Waals surface area contributed by atoms with Crippen molar-refractivity contribution < 1.29 is 14.3 Å². The van der Waals surface area contributed by atoms with Gasteiger partial charge in [0.25, 0.3) is 0 Å². The Kier molecular flexibility index (Phi) is 6.11. The van der Waals surface area contributed by atoms with E-state index in [-0.39, 0.29) is 12.5 Å². The van der Waals surface area contributed by atoms with E-state index in [2.05, 4.69) is 34.6 Å². The summed E-state index contributed by atoms with van der Waals surface area (Å²) < 4.78 is 10.5. The van der Waals surface area contributed by atoms with Crippen LogP contribution in [-0.2, 0) is 11.3 Å². The second-order valence-corrected chi connectivity index (χ2v) is 5.75. The van der Waals surface area contributed by atoms with Gasteiger partial charge in [-0.05, 0) is 35.8 Å². The molecule has 8 nitrogen and oxygen atoms in total. The smallest absolute Gasteiger partial charge is 0.243 e. The van der Waals surface area contributed by atoms with Crippen LogP contribution in [0.3, 0.4) is 0 Å². The normalized spacial score (nSPS) is 10.7. The van der Waals surface area contributed by atoms with E-state index in [4.69, 9.17) is 9.47 Å². The predicted octanol–water partition coefficient (Wildman–Crippen LogP) is 1.52. The predicted molar refractivity (Wildman–Crippen MR) is 88.8 cm³/mol. The number of carbonyl (C=O) groups excluding carboxylic acids is 1. The summed E-state index contributed by atoms with van der Waals surface area (Å²) in [6.45, 7) is 4.91. The molecule has 1 aromatic heterocycles. The molecule has 1 aromatic carbocycles. The van der Waals surface area contributed by atoms with Crippen molar-refractivity contribution in [3.05, 3.63) is 18.2 Å². The number of rotatable bonds is 8. The van der Waals surface area contributed by atoms with Gasteiger partial charge in [0.2, 0.25) is 11.7 Å². The Morgan fingerprint density at radius 2 is 2.00 bits per heavy atom. The summed E-state index contributed by atoms with van der Waals surface area (Å²) in [6, 6.07) is 5.35. The lowest BCUT2D eigenvalue weighted by atomic mass is 10.1. The molecule has 0 saturated carbocycles. The summed E-state index contributed by atoms with van der Waals surface area (Å²) in [5.74, 6) is 2.04. The molecule has 2 aromatic rings. The minimum absolute atomic E-state index is 0.0401. The number of aromatic nitrogens is 4. The average Bonchev–Trinajstić information content (AvgIpc) is 3.02. The maximum atomic E-state index is 11.8. The molecule has 0 fully saturated rings. The highest BCUT2D eigenvalue weighted by atomic mass is 16.5. The van der Waals surface area contributed by atoms with E-state index in [0.29, 0.717) is 29.8 Å². The molecule has 2 rings (SSSR count). The van der Waals surface area contributed by atoms with Gasteiger partial charge >= 0.3 is 0 Å². The Labute approximate surface area is 141 Å². The molecule has 0 aliphatic heterocycles.